The van der Waals surface area contributed by atoms with E-state index in [9.17, 15) is 0 Å². The third-order valence-electron chi connectivity index (χ3n) is 10.7. The van der Waals surface area contributed by atoms with E-state index in [-0.39, 0.29) is 0 Å². The van der Waals surface area contributed by atoms with Crippen LogP contribution < -0.4 is 19.7 Å². The second-order valence-corrected chi connectivity index (χ2v) is 17.1. The fourth-order valence-electron chi connectivity index (χ4n) is 7.96. The first-order valence-electron chi connectivity index (χ1n) is 19.3. The maximum atomic E-state index is 7.32. The lowest BCUT2D eigenvalue weighted by atomic mass is 9.92. The SMILES string of the molecule is c1ccc(P(Oc2ccc3ccccc3c2-c2c(Op3oc4cc5ccccc5cc4c4cc5ccccc5cc4o3)ccc3ccccc23)c2ccccc2)cc1. The van der Waals surface area contributed by atoms with Gasteiger partial charge in [0.15, 0.2) is 8.15 Å². The highest BCUT2D eigenvalue weighted by atomic mass is 31.1. The van der Waals surface area contributed by atoms with Gasteiger partial charge in [0.2, 0.25) is 0 Å². The van der Waals surface area contributed by atoms with Crippen LogP contribution in [0.1, 0.15) is 0 Å². The minimum atomic E-state index is -2.00. The summed E-state index contributed by atoms with van der Waals surface area (Å²) in [7, 11) is -3.23. The predicted octanol–water partition coefficient (Wildman–Crippen LogP) is 14.8. The molecule has 11 rings (SSSR count). The van der Waals surface area contributed by atoms with E-state index in [1.807, 2.05) is 18.2 Å². The van der Waals surface area contributed by atoms with Gasteiger partial charge in [-0.2, -0.15) is 0 Å². The zero-order valence-electron chi connectivity index (χ0n) is 31.2. The number of fused-ring (bicyclic) bond motifs is 7. The van der Waals surface area contributed by atoms with E-state index < -0.39 is 16.4 Å². The van der Waals surface area contributed by atoms with Crippen molar-refractivity contribution in [2.45, 2.75) is 0 Å². The van der Waals surface area contributed by atoms with Crippen LogP contribution in [0.4, 0.5) is 0 Å². The van der Waals surface area contributed by atoms with Gasteiger partial charge in [-0.05, 0) is 79.5 Å². The van der Waals surface area contributed by atoms with Crippen LogP contribution in [0.5, 0.6) is 11.5 Å². The minimum absolute atomic E-state index is 0.640. The zero-order valence-corrected chi connectivity index (χ0v) is 32.9. The average Bonchev–Trinajstić information content (AvgIpc) is 3.42. The van der Waals surface area contributed by atoms with Crippen molar-refractivity contribution >= 4 is 92.0 Å². The molecule has 0 aliphatic rings. The summed E-state index contributed by atoms with van der Waals surface area (Å²) in [6.07, 6.45) is 0. The van der Waals surface area contributed by atoms with Gasteiger partial charge in [0.25, 0.3) is 0 Å². The molecular formula is C52H34O4P2. The van der Waals surface area contributed by atoms with E-state index in [0.717, 1.165) is 81.3 Å². The van der Waals surface area contributed by atoms with Crippen molar-refractivity contribution in [2.75, 3.05) is 0 Å². The maximum absolute atomic E-state index is 7.32. The Morgan fingerprint density at radius 3 is 1.24 bits per heavy atom. The van der Waals surface area contributed by atoms with Crippen molar-refractivity contribution in [1.82, 2.24) is 0 Å². The molecule has 0 amide bonds. The van der Waals surface area contributed by atoms with Crippen molar-refractivity contribution in [3.8, 4) is 22.6 Å². The first kappa shape index (κ1) is 34.4. The lowest BCUT2D eigenvalue weighted by molar-refractivity contribution is 0.499. The molecule has 0 bridgehead atoms. The van der Waals surface area contributed by atoms with Crippen LogP contribution in [0.25, 0.3) is 76.2 Å². The summed E-state index contributed by atoms with van der Waals surface area (Å²) in [6, 6.07) is 71.6. The normalized spacial score (nSPS) is 11.6. The van der Waals surface area contributed by atoms with Crippen LogP contribution in [0.3, 0.4) is 0 Å². The first-order valence-corrected chi connectivity index (χ1v) is 21.6. The number of hydrogen-bond donors (Lipinski definition) is 0. The molecule has 11 aromatic rings. The standard InChI is InChI=1S/C52H34O4P2/c1-3-21-41(22-4-1)57(42-23-5-2-6-24-42)53-47-29-27-35-15-11-13-25-43(35)51(47)52-44-26-14-12-16-36(44)28-30-48(52)54-58-55-49-33-39-19-9-7-17-37(39)31-45(49)46-32-38-18-8-10-20-40(38)34-50(46)56-58/h1-34H. The van der Waals surface area contributed by atoms with Crippen molar-refractivity contribution in [3.05, 3.63) is 206 Å². The molecule has 58 heavy (non-hydrogen) atoms. The van der Waals surface area contributed by atoms with Crippen LogP contribution in [0, 0.1) is 0 Å². The Morgan fingerprint density at radius 2 is 0.741 bits per heavy atom. The fourth-order valence-corrected chi connectivity index (χ4v) is 10.7. The van der Waals surface area contributed by atoms with E-state index >= 15 is 0 Å². The molecule has 276 valence electrons. The molecule has 0 N–H and O–H groups in total. The predicted molar refractivity (Wildman–Crippen MR) is 244 cm³/mol. The highest BCUT2D eigenvalue weighted by Crippen LogP contribution is 2.51. The summed E-state index contributed by atoms with van der Waals surface area (Å²) < 4.78 is 28.2. The van der Waals surface area contributed by atoms with Crippen LogP contribution >= 0.6 is 16.4 Å². The second kappa shape index (κ2) is 14.6. The molecular weight excluding hydrogens is 751 g/mol. The van der Waals surface area contributed by atoms with Gasteiger partial charge in [-0.3, -0.25) is 0 Å². The monoisotopic (exact) mass is 784 g/mol. The Morgan fingerprint density at radius 1 is 0.345 bits per heavy atom. The van der Waals surface area contributed by atoms with Gasteiger partial charge in [0.05, 0.1) is 0 Å². The molecule has 0 unspecified atom stereocenters. The largest absolute Gasteiger partial charge is 0.464 e. The maximum Gasteiger partial charge on any atom is 0.453 e. The zero-order chi connectivity index (χ0) is 38.4. The average molecular weight is 785 g/mol. The molecule has 0 saturated carbocycles. The molecule has 1 heterocycles. The summed E-state index contributed by atoms with van der Waals surface area (Å²) in [5, 5.41) is 12.9. The third kappa shape index (κ3) is 6.24. The highest BCUT2D eigenvalue weighted by Gasteiger charge is 2.25. The topological polar surface area (TPSA) is 44.7 Å². The van der Waals surface area contributed by atoms with Crippen molar-refractivity contribution in [3.63, 3.8) is 0 Å². The van der Waals surface area contributed by atoms with Gasteiger partial charge in [-0.15, -0.1) is 0 Å². The molecule has 0 fully saturated rings. The first-order chi connectivity index (χ1) is 28.7. The third-order valence-corrected chi connectivity index (χ3v) is 13.7. The van der Waals surface area contributed by atoms with Crippen molar-refractivity contribution < 1.29 is 17.4 Å². The quantitative estimate of drug-likeness (QED) is 0.151. The minimum Gasteiger partial charge on any atom is -0.464 e. The number of rotatable bonds is 7. The Balaban J connectivity index is 1.17. The molecule has 4 nitrogen and oxygen atoms in total. The van der Waals surface area contributed by atoms with E-state index in [0.29, 0.717) is 16.9 Å². The summed E-state index contributed by atoms with van der Waals surface area (Å²) in [4.78, 5) is 0. The van der Waals surface area contributed by atoms with Crippen LogP contribution in [0.2, 0.25) is 0 Å². The Kier molecular flexibility index (Phi) is 8.66. The van der Waals surface area contributed by atoms with Gasteiger partial charge in [0, 0.05) is 32.5 Å². The van der Waals surface area contributed by atoms with Gasteiger partial charge in [0.1, 0.15) is 22.7 Å². The second-order valence-electron chi connectivity index (χ2n) is 14.3. The molecule has 0 aliphatic carbocycles. The number of hydrogen-bond acceptors (Lipinski definition) is 4. The molecule has 0 aliphatic heterocycles. The van der Waals surface area contributed by atoms with Gasteiger partial charge in [-0.1, -0.05) is 170 Å². The smallest absolute Gasteiger partial charge is 0.453 e. The lowest BCUT2D eigenvalue weighted by Crippen LogP contribution is -2.15. The summed E-state index contributed by atoms with van der Waals surface area (Å²) >= 11 is 0. The summed E-state index contributed by atoms with van der Waals surface area (Å²) in [5.74, 6) is 1.41. The van der Waals surface area contributed by atoms with Crippen molar-refractivity contribution in [1.29, 1.82) is 0 Å². The van der Waals surface area contributed by atoms with Crippen LogP contribution in [0.15, 0.2) is 215 Å². The molecule has 0 radical (unpaired) electrons. The summed E-state index contributed by atoms with van der Waals surface area (Å²) in [5.41, 5.74) is 3.29. The highest BCUT2D eigenvalue weighted by molar-refractivity contribution is 7.68. The Labute approximate surface area is 337 Å². The van der Waals surface area contributed by atoms with E-state index in [1.54, 1.807) is 0 Å². The molecule has 1 aromatic heterocycles. The molecule has 6 heteroatoms. The van der Waals surface area contributed by atoms with Gasteiger partial charge >= 0.3 is 8.24 Å². The fraction of sp³-hybridized carbons (Fsp3) is 0. The number of benzene rings is 10. The van der Waals surface area contributed by atoms with E-state index in [1.165, 1.54) is 0 Å². The molecule has 10 aromatic carbocycles. The van der Waals surface area contributed by atoms with E-state index in [2.05, 4.69) is 188 Å². The Hall–Kier alpha value is -6.83. The van der Waals surface area contributed by atoms with E-state index in [4.69, 9.17) is 17.4 Å². The molecule has 0 saturated heterocycles. The van der Waals surface area contributed by atoms with Crippen LogP contribution in [-0.4, -0.2) is 0 Å². The van der Waals surface area contributed by atoms with Crippen molar-refractivity contribution in [2.24, 2.45) is 0 Å². The molecule has 0 spiro atoms. The lowest BCUT2D eigenvalue weighted by Gasteiger charge is -2.23. The van der Waals surface area contributed by atoms with Gasteiger partial charge in [-0.25, -0.2) is 0 Å². The summed E-state index contributed by atoms with van der Waals surface area (Å²) in [6.45, 7) is 0. The Bertz CT molecular complexity index is 3230. The van der Waals surface area contributed by atoms with Gasteiger partial charge < -0.3 is 17.4 Å². The molecule has 0 atom stereocenters. The van der Waals surface area contributed by atoms with Crippen LogP contribution in [-0.2, 0) is 0 Å².